The molecule has 1 saturated heterocycles. The number of hydrogen-bond acceptors (Lipinski definition) is 5. The van der Waals surface area contributed by atoms with Crippen molar-refractivity contribution in [1.82, 2.24) is 35.4 Å². The number of carbonyl (C=O) groups excluding carboxylic acids is 1. The SMILES string of the molecule is O=C(NCc1cnn(-c2ccccc2)c1)c1cn(CC[C@@H]2CCCCN2)nn1. The molecule has 0 unspecified atom stereocenters. The highest BCUT2D eigenvalue weighted by Gasteiger charge is 2.14. The Labute approximate surface area is 163 Å². The predicted molar refractivity (Wildman–Crippen MR) is 105 cm³/mol. The molecule has 1 fully saturated rings. The van der Waals surface area contributed by atoms with Gasteiger partial charge < -0.3 is 10.6 Å². The van der Waals surface area contributed by atoms with Crippen LogP contribution in [0.3, 0.4) is 0 Å². The van der Waals surface area contributed by atoms with Crippen molar-refractivity contribution in [3.8, 4) is 5.69 Å². The standard InChI is InChI=1S/C20H25N7O/c28-20(19-15-26(25-24-19)11-9-17-6-4-5-10-21-17)22-12-16-13-23-27(14-16)18-7-2-1-3-8-18/h1-3,7-8,13-15,17,21H,4-6,9-12H2,(H,22,28)/t17-/m0/s1. The van der Waals surface area contributed by atoms with Crippen molar-refractivity contribution in [1.29, 1.82) is 0 Å². The highest BCUT2D eigenvalue weighted by atomic mass is 16.2. The van der Waals surface area contributed by atoms with Gasteiger partial charge in [-0.15, -0.1) is 5.10 Å². The highest BCUT2D eigenvalue weighted by molar-refractivity contribution is 5.91. The monoisotopic (exact) mass is 379 g/mol. The third-order valence-electron chi connectivity index (χ3n) is 5.00. The number of aromatic nitrogens is 5. The number of nitrogens with one attached hydrogen (secondary N) is 2. The minimum Gasteiger partial charge on any atom is -0.346 e. The number of benzene rings is 1. The molecule has 1 aliphatic heterocycles. The van der Waals surface area contributed by atoms with Crippen LogP contribution >= 0.6 is 0 Å². The van der Waals surface area contributed by atoms with Gasteiger partial charge in [-0.05, 0) is 37.9 Å². The summed E-state index contributed by atoms with van der Waals surface area (Å²) in [7, 11) is 0. The van der Waals surface area contributed by atoms with E-state index in [1.165, 1.54) is 19.3 Å². The van der Waals surface area contributed by atoms with Crippen LogP contribution in [0.5, 0.6) is 0 Å². The zero-order valence-electron chi connectivity index (χ0n) is 15.8. The average Bonchev–Trinajstić information content (AvgIpc) is 3.42. The van der Waals surface area contributed by atoms with Crippen molar-refractivity contribution in [2.24, 2.45) is 0 Å². The van der Waals surface area contributed by atoms with Crippen LogP contribution in [-0.4, -0.2) is 43.3 Å². The predicted octanol–water partition coefficient (Wildman–Crippen LogP) is 1.93. The Bertz CT molecular complexity index is 896. The molecule has 4 rings (SSSR count). The molecule has 146 valence electrons. The zero-order chi connectivity index (χ0) is 19.2. The first-order chi connectivity index (χ1) is 13.8. The lowest BCUT2D eigenvalue weighted by Crippen LogP contribution is -2.34. The van der Waals surface area contributed by atoms with Crippen molar-refractivity contribution in [3.05, 3.63) is 60.2 Å². The van der Waals surface area contributed by atoms with Gasteiger partial charge in [0.25, 0.3) is 5.91 Å². The van der Waals surface area contributed by atoms with Gasteiger partial charge in [-0.2, -0.15) is 5.10 Å². The summed E-state index contributed by atoms with van der Waals surface area (Å²) in [5, 5.41) is 18.8. The Morgan fingerprint density at radius 2 is 2.11 bits per heavy atom. The van der Waals surface area contributed by atoms with E-state index < -0.39 is 0 Å². The van der Waals surface area contributed by atoms with E-state index in [0.29, 0.717) is 18.3 Å². The molecule has 0 radical (unpaired) electrons. The van der Waals surface area contributed by atoms with E-state index in [4.69, 9.17) is 0 Å². The highest BCUT2D eigenvalue weighted by Crippen LogP contribution is 2.11. The maximum absolute atomic E-state index is 12.3. The maximum Gasteiger partial charge on any atom is 0.273 e. The molecule has 2 aromatic heterocycles. The molecule has 0 spiro atoms. The first kappa shape index (κ1) is 18.4. The second-order valence-corrected chi connectivity index (χ2v) is 7.11. The first-order valence-electron chi connectivity index (χ1n) is 9.78. The Hall–Kier alpha value is -3.00. The van der Waals surface area contributed by atoms with Crippen LogP contribution in [0.15, 0.2) is 48.9 Å². The van der Waals surface area contributed by atoms with Crippen LogP contribution in [0.2, 0.25) is 0 Å². The zero-order valence-corrected chi connectivity index (χ0v) is 15.8. The number of piperidine rings is 1. The third kappa shape index (κ3) is 4.64. The number of aryl methyl sites for hydroxylation is 1. The molecule has 1 aliphatic rings. The largest absolute Gasteiger partial charge is 0.346 e. The van der Waals surface area contributed by atoms with Crippen molar-refractivity contribution in [3.63, 3.8) is 0 Å². The van der Waals surface area contributed by atoms with Gasteiger partial charge in [-0.25, -0.2) is 4.68 Å². The van der Waals surface area contributed by atoms with Crippen LogP contribution in [-0.2, 0) is 13.1 Å². The topological polar surface area (TPSA) is 89.7 Å². The molecule has 1 atom stereocenters. The Morgan fingerprint density at radius 3 is 2.93 bits per heavy atom. The van der Waals surface area contributed by atoms with Gasteiger partial charge in [0.1, 0.15) is 0 Å². The normalized spacial score (nSPS) is 16.8. The quantitative estimate of drug-likeness (QED) is 0.655. The Morgan fingerprint density at radius 1 is 1.21 bits per heavy atom. The summed E-state index contributed by atoms with van der Waals surface area (Å²) in [5.74, 6) is -0.227. The Kier molecular flexibility index (Phi) is 5.77. The van der Waals surface area contributed by atoms with Crippen molar-refractivity contribution in [2.75, 3.05) is 6.54 Å². The fraction of sp³-hybridized carbons (Fsp3) is 0.400. The smallest absolute Gasteiger partial charge is 0.273 e. The molecule has 1 aromatic carbocycles. The van der Waals surface area contributed by atoms with Gasteiger partial charge in [-0.1, -0.05) is 29.8 Å². The van der Waals surface area contributed by atoms with Crippen molar-refractivity contribution >= 4 is 5.91 Å². The summed E-state index contributed by atoms with van der Waals surface area (Å²) in [5.41, 5.74) is 2.25. The molecule has 2 N–H and O–H groups in total. The van der Waals surface area contributed by atoms with E-state index >= 15 is 0 Å². The van der Waals surface area contributed by atoms with E-state index in [1.54, 1.807) is 21.8 Å². The number of para-hydroxylation sites is 1. The van der Waals surface area contributed by atoms with E-state index in [9.17, 15) is 4.79 Å². The number of nitrogens with zero attached hydrogens (tertiary/aromatic N) is 5. The summed E-state index contributed by atoms with van der Waals surface area (Å²) in [6, 6.07) is 10.4. The van der Waals surface area contributed by atoms with Crippen LogP contribution in [0, 0.1) is 0 Å². The summed E-state index contributed by atoms with van der Waals surface area (Å²) in [4.78, 5) is 12.3. The molecule has 3 heterocycles. The molecule has 1 amide bonds. The van der Waals surface area contributed by atoms with Crippen LogP contribution in [0.25, 0.3) is 5.69 Å². The second-order valence-electron chi connectivity index (χ2n) is 7.11. The van der Waals surface area contributed by atoms with E-state index in [2.05, 4.69) is 26.0 Å². The van der Waals surface area contributed by atoms with E-state index in [1.807, 2.05) is 36.5 Å². The van der Waals surface area contributed by atoms with E-state index in [-0.39, 0.29) is 5.91 Å². The number of amides is 1. The molecule has 8 heteroatoms. The first-order valence-corrected chi connectivity index (χ1v) is 9.78. The molecule has 28 heavy (non-hydrogen) atoms. The molecule has 0 saturated carbocycles. The fourth-order valence-electron chi connectivity index (χ4n) is 3.42. The number of carbonyl (C=O) groups is 1. The van der Waals surface area contributed by atoms with Gasteiger partial charge in [0.2, 0.25) is 0 Å². The molecule has 3 aromatic rings. The average molecular weight is 379 g/mol. The lowest BCUT2D eigenvalue weighted by atomic mass is 10.0. The number of hydrogen-bond donors (Lipinski definition) is 2. The van der Waals surface area contributed by atoms with Gasteiger partial charge in [0, 0.05) is 30.9 Å². The molecule has 0 bridgehead atoms. The lowest BCUT2D eigenvalue weighted by molar-refractivity contribution is 0.0946. The molecule has 8 nitrogen and oxygen atoms in total. The van der Waals surface area contributed by atoms with Crippen LogP contribution in [0.4, 0.5) is 0 Å². The van der Waals surface area contributed by atoms with E-state index in [0.717, 1.165) is 30.8 Å². The van der Waals surface area contributed by atoms with Gasteiger partial charge in [0.15, 0.2) is 5.69 Å². The molecule has 0 aliphatic carbocycles. The summed E-state index contributed by atoms with van der Waals surface area (Å²) >= 11 is 0. The minimum atomic E-state index is -0.227. The second kappa shape index (κ2) is 8.79. The summed E-state index contributed by atoms with van der Waals surface area (Å²) in [6.45, 7) is 2.25. The van der Waals surface area contributed by atoms with Gasteiger partial charge in [0.05, 0.1) is 18.1 Å². The number of rotatable bonds is 7. The van der Waals surface area contributed by atoms with Crippen molar-refractivity contribution < 1.29 is 4.79 Å². The summed E-state index contributed by atoms with van der Waals surface area (Å²) in [6.07, 6.45) is 10.1. The third-order valence-corrected chi connectivity index (χ3v) is 5.00. The van der Waals surface area contributed by atoms with Crippen LogP contribution in [0.1, 0.15) is 41.7 Å². The lowest BCUT2D eigenvalue weighted by Gasteiger charge is -2.23. The maximum atomic E-state index is 12.3. The minimum absolute atomic E-state index is 0.227. The molecular formula is C20H25N7O. The van der Waals surface area contributed by atoms with Gasteiger partial charge >= 0.3 is 0 Å². The van der Waals surface area contributed by atoms with Crippen molar-refractivity contribution in [2.45, 2.75) is 44.8 Å². The van der Waals surface area contributed by atoms with Crippen LogP contribution < -0.4 is 10.6 Å². The summed E-state index contributed by atoms with van der Waals surface area (Å²) < 4.78 is 3.54. The fourth-order valence-corrected chi connectivity index (χ4v) is 3.42. The van der Waals surface area contributed by atoms with Gasteiger partial charge in [-0.3, -0.25) is 9.48 Å². The molecular weight excluding hydrogens is 354 g/mol. The Balaban J connectivity index is 1.27.